The van der Waals surface area contributed by atoms with Gasteiger partial charge in [0.15, 0.2) is 0 Å². The van der Waals surface area contributed by atoms with Crippen molar-refractivity contribution in [2.24, 2.45) is 0 Å². The van der Waals surface area contributed by atoms with Crippen LogP contribution in [0.3, 0.4) is 0 Å². The predicted octanol–water partition coefficient (Wildman–Crippen LogP) is 2.51. The van der Waals surface area contributed by atoms with Crippen LogP contribution in [-0.4, -0.2) is 39.1 Å². The lowest BCUT2D eigenvalue weighted by Crippen LogP contribution is -2.34. The van der Waals surface area contributed by atoms with Crippen molar-refractivity contribution < 1.29 is 14.3 Å². The summed E-state index contributed by atoms with van der Waals surface area (Å²) in [6, 6.07) is 14.1. The van der Waals surface area contributed by atoms with E-state index in [0.717, 1.165) is 11.4 Å². The number of nitrogens with zero attached hydrogens (tertiary/aromatic N) is 2. The Balaban J connectivity index is 1.74. The topological polar surface area (TPSA) is 61.9 Å². The molecule has 130 valence electrons. The molecule has 2 amide bonds. The van der Waals surface area contributed by atoms with Crippen LogP contribution >= 0.6 is 0 Å². The first kappa shape index (κ1) is 16.8. The van der Waals surface area contributed by atoms with Gasteiger partial charge in [-0.1, -0.05) is 0 Å². The highest BCUT2D eigenvalue weighted by atomic mass is 16.5. The Morgan fingerprint density at radius 2 is 1.68 bits per heavy atom. The van der Waals surface area contributed by atoms with Crippen molar-refractivity contribution in [3.63, 3.8) is 0 Å². The number of hydrogen-bond acceptors (Lipinski definition) is 5. The summed E-state index contributed by atoms with van der Waals surface area (Å²) >= 11 is 0. The number of carbonyl (C=O) groups excluding carboxylic acids is 2. The van der Waals surface area contributed by atoms with Crippen LogP contribution in [0.5, 0.6) is 5.75 Å². The van der Waals surface area contributed by atoms with Gasteiger partial charge in [0.25, 0.3) is 5.91 Å². The molecule has 1 saturated heterocycles. The average Bonchev–Trinajstić information content (AvgIpc) is 2.89. The first-order chi connectivity index (χ1) is 12.0. The molecule has 6 nitrogen and oxygen atoms in total. The molecule has 1 atom stereocenters. The molecule has 25 heavy (non-hydrogen) atoms. The van der Waals surface area contributed by atoms with Crippen LogP contribution in [0.4, 0.5) is 17.1 Å². The molecule has 0 saturated carbocycles. The number of carbonyl (C=O) groups is 2. The number of hydrogen-bond donors (Lipinski definition) is 1. The summed E-state index contributed by atoms with van der Waals surface area (Å²) in [6.07, 6.45) is 0.139. The maximum absolute atomic E-state index is 12.7. The molecule has 0 aliphatic carbocycles. The third-order valence-corrected chi connectivity index (χ3v) is 4.20. The van der Waals surface area contributed by atoms with E-state index < -0.39 is 6.04 Å². The van der Waals surface area contributed by atoms with Crippen LogP contribution < -0.4 is 19.9 Å². The Bertz CT molecular complexity index is 770. The number of rotatable bonds is 5. The van der Waals surface area contributed by atoms with Crippen LogP contribution in [0.2, 0.25) is 0 Å². The van der Waals surface area contributed by atoms with Gasteiger partial charge in [-0.25, -0.2) is 4.90 Å². The van der Waals surface area contributed by atoms with Crippen LogP contribution in [0.15, 0.2) is 48.5 Å². The van der Waals surface area contributed by atoms with Gasteiger partial charge in [-0.2, -0.15) is 0 Å². The smallest absolute Gasteiger partial charge is 0.256 e. The summed E-state index contributed by atoms with van der Waals surface area (Å²) in [5.41, 5.74) is 2.44. The molecule has 1 N–H and O–H groups in total. The van der Waals surface area contributed by atoms with E-state index >= 15 is 0 Å². The third kappa shape index (κ3) is 3.42. The molecule has 3 rings (SSSR count). The molecule has 0 aromatic heterocycles. The second kappa shape index (κ2) is 6.84. The van der Waals surface area contributed by atoms with E-state index in [1.807, 2.05) is 43.3 Å². The maximum atomic E-state index is 12.7. The molecular weight excluding hydrogens is 318 g/mol. The van der Waals surface area contributed by atoms with E-state index in [1.54, 1.807) is 31.4 Å². The largest absolute Gasteiger partial charge is 0.497 e. The number of methoxy groups -OCH3 is 1. The van der Waals surface area contributed by atoms with Gasteiger partial charge in [0, 0.05) is 25.5 Å². The van der Waals surface area contributed by atoms with E-state index in [4.69, 9.17) is 4.74 Å². The molecule has 1 unspecified atom stereocenters. The molecule has 0 radical (unpaired) electrons. The summed E-state index contributed by atoms with van der Waals surface area (Å²) in [7, 11) is 5.51. The zero-order valence-corrected chi connectivity index (χ0v) is 14.5. The molecule has 1 aliphatic rings. The second-order valence-electron chi connectivity index (χ2n) is 6.11. The molecule has 1 heterocycles. The van der Waals surface area contributed by atoms with Gasteiger partial charge >= 0.3 is 0 Å². The van der Waals surface area contributed by atoms with Gasteiger partial charge in [0.1, 0.15) is 11.8 Å². The van der Waals surface area contributed by atoms with Crippen molar-refractivity contribution in [2.75, 3.05) is 36.3 Å². The van der Waals surface area contributed by atoms with Crippen LogP contribution in [0.1, 0.15) is 6.42 Å². The maximum Gasteiger partial charge on any atom is 0.256 e. The molecular formula is C19H21N3O3. The summed E-state index contributed by atoms with van der Waals surface area (Å²) in [5.74, 6) is 0.225. The summed E-state index contributed by atoms with van der Waals surface area (Å²) in [6.45, 7) is 0. The van der Waals surface area contributed by atoms with Gasteiger partial charge in [-0.05, 0) is 48.5 Å². The van der Waals surface area contributed by atoms with E-state index in [-0.39, 0.29) is 18.2 Å². The third-order valence-electron chi connectivity index (χ3n) is 4.20. The quantitative estimate of drug-likeness (QED) is 0.848. The standard InChI is InChI=1S/C19H21N3O3/c1-21(2)14-6-4-13(5-7-14)20-17-12-18(23)22(19(17)24)15-8-10-16(25-3)11-9-15/h4-11,17,20H,12H2,1-3H3. The van der Waals surface area contributed by atoms with Gasteiger partial charge in [-0.3, -0.25) is 9.59 Å². The molecule has 1 fully saturated rings. The van der Waals surface area contributed by atoms with E-state index in [0.29, 0.717) is 11.4 Å². The van der Waals surface area contributed by atoms with Gasteiger partial charge in [0.2, 0.25) is 5.91 Å². The Hall–Kier alpha value is -3.02. The van der Waals surface area contributed by atoms with Crippen molar-refractivity contribution in [3.8, 4) is 5.75 Å². The predicted molar refractivity (Wildman–Crippen MR) is 98.3 cm³/mol. The molecule has 2 aromatic rings. The lowest BCUT2D eigenvalue weighted by molar-refractivity contribution is -0.121. The first-order valence-electron chi connectivity index (χ1n) is 8.04. The Morgan fingerprint density at radius 3 is 2.24 bits per heavy atom. The highest BCUT2D eigenvalue weighted by Gasteiger charge is 2.39. The zero-order valence-electron chi connectivity index (χ0n) is 14.5. The fourth-order valence-corrected chi connectivity index (χ4v) is 2.80. The average molecular weight is 339 g/mol. The number of anilines is 3. The molecule has 0 bridgehead atoms. The normalized spacial score (nSPS) is 16.9. The van der Waals surface area contributed by atoms with E-state index in [9.17, 15) is 9.59 Å². The highest BCUT2D eigenvalue weighted by molar-refractivity contribution is 6.23. The Morgan fingerprint density at radius 1 is 1.04 bits per heavy atom. The van der Waals surface area contributed by atoms with Crippen molar-refractivity contribution in [1.82, 2.24) is 0 Å². The molecule has 0 spiro atoms. The number of amides is 2. The SMILES string of the molecule is COc1ccc(N2C(=O)CC(Nc3ccc(N(C)C)cc3)C2=O)cc1. The fraction of sp³-hybridized carbons (Fsp3) is 0.263. The van der Waals surface area contributed by atoms with Crippen molar-refractivity contribution in [3.05, 3.63) is 48.5 Å². The van der Waals surface area contributed by atoms with Crippen LogP contribution in [0.25, 0.3) is 0 Å². The summed E-state index contributed by atoms with van der Waals surface area (Å²) in [4.78, 5) is 28.2. The number of benzene rings is 2. The van der Waals surface area contributed by atoms with E-state index in [1.165, 1.54) is 4.90 Å². The molecule has 6 heteroatoms. The lowest BCUT2D eigenvalue weighted by atomic mass is 10.2. The van der Waals surface area contributed by atoms with Crippen LogP contribution in [-0.2, 0) is 9.59 Å². The zero-order chi connectivity index (χ0) is 18.0. The Kier molecular flexibility index (Phi) is 4.61. The fourth-order valence-electron chi connectivity index (χ4n) is 2.80. The number of imide groups is 1. The van der Waals surface area contributed by atoms with Gasteiger partial charge in [-0.15, -0.1) is 0 Å². The number of nitrogens with one attached hydrogen (secondary N) is 1. The Labute approximate surface area is 147 Å². The van der Waals surface area contributed by atoms with E-state index in [2.05, 4.69) is 5.32 Å². The minimum atomic E-state index is -0.556. The minimum absolute atomic E-state index is 0.139. The second-order valence-corrected chi connectivity index (χ2v) is 6.11. The monoisotopic (exact) mass is 339 g/mol. The molecule has 1 aliphatic heterocycles. The van der Waals surface area contributed by atoms with Gasteiger partial charge < -0.3 is 15.0 Å². The minimum Gasteiger partial charge on any atom is -0.497 e. The lowest BCUT2D eigenvalue weighted by Gasteiger charge is -2.17. The van der Waals surface area contributed by atoms with Crippen molar-refractivity contribution in [2.45, 2.75) is 12.5 Å². The number of ether oxygens (including phenoxy) is 1. The summed E-state index contributed by atoms with van der Waals surface area (Å²) in [5, 5.41) is 3.15. The summed E-state index contributed by atoms with van der Waals surface area (Å²) < 4.78 is 5.11. The first-order valence-corrected chi connectivity index (χ1v) is 8.04. The van der Waals surface area contributed by atoms with Crippen molar-refractivity contribution in [1.29, 1.82) is 0 Å². The van der Waals surface area contributed by atoms with Crippen molar-refractivity contribution >= 4 is 28.9 Å². The van der Waals surface area contributed by atoms with Gasteiger partial charge in [0.05, 0.1) is 19.2 Å². The molecule has 2 aromatic carbocycles. The highest BCUT2D eigenvalue weighted by Crippen LogP contribution is 2.27. The van der Waals surface area contributed by atoms with Crippen LogP contribution in [0, 0.1) is 0 Å².